The van der Waals surface area contributed by atoms with Crippen LogP contribution in [0.1, 0.15) is 336 Å². The van der Waals surface area contributed by atoms with Crippen molar-refractivity contribution in [3.63, 3.8) is 0 Å². The molecule has 6 N–H and O–H groups in total. The minimum atomic E-state index is -0.463. The molecule has 0 bridgehead atoms. The smallest absolute Gasteiger partial charge is 0.334 e. The summed E-state index contributed by atoms with van der Waals surface area (Å²) in [5.41, 5.74) is 1.23. The molecule has 14 heteroatoms. The van der Waals surface area contributed by atoms with Gasteiger partial charge < -0.3 is 59.1 Å². The van der Waals surface area contributed by atoms with Crippen molar-refractivity contribution in [3.05, 3.63) is 23.3 Å². The van der Waals surface area contributed by atoms with Gasteiger partial charge in [-0.1, -0.05) is 219 Å². The summed E-state index contributed by atoms with van der Waals surface area (Å²) < 4.78 is 35.3. The molecular formula is C74H132O14. The maximum absolute atomic E-state index is 11.7. The molecule has 4 fully saturated rings. The SMILES string of the molecule is CCCCCCCCCCC(O)C1CCC(C2CCC(C(O)CCCCCCCCCCC(O)CC3=CC(C)OC3=O)O2)O1.CCCCCCCCCCC(O)C1CCC(C2CCC(C(O)CCCCCCCCCCC(O)CC3=CC(C)OC3=O)O2)O1. The molecular weight excluding hydrogens is 1110 g/mol. The van der Waals surface area contributed by atoms with Gasteiger partial charge in [-0.05, 0) is 116 Å². The summed E-state index contributed by atoms with van der Waals surface area (Å²) >= 11 is 0. The van der Waals surface area contributed by atoms with Gasteiger partial charge in [0.1, 0.15) is 12.2 Å². The number of aliphatic hydroxyl groups excluding tert-OH is 6. The Morgan fingerprint density at radius 2 is 0.545 bits per heavy atom. The van der Waals surface area contributed by atoms with Crippen LogP contribution in [-0.4, -0.2) is 140 Å². The fourth-order valence-electron chi connectivity index (χ4n) is 14.6. The zero-order valence-electron chi connectivity index (χ0n) is 56.3. The van der Waals surface area contributed by atoms with Crippen molar-refractivity contribution in [1.82, 2.24) is 0 Å². The molecule has 0 aromatic rings. The van der Waals surface area contributed by atoms with Crippen molar-refractivity contribution in [2.24, 2.45) is 0 Å². The van der Waals surface area contributed by atoms with E-state index in [0.29, 0.717) is 24.0 Å². The van der Waals surface area contributed by atoms with E-state index in [4.69, 9.17) is 28.4 Å². The van der Waals surface area contributed by atoms with E-state index in [0.717, 1.165) is 154 Å². The van der Waals surface area contributed by atoms with Gasteiger partial charge in [-0.3, -0.25) is 0 Å². The number of esters is 2. The Labute approximate surface area is 535 Å². The van der Waals surface area contributed by atoms with Gasteiger partial charge in [0.2, 0.25) is 0 Å². The molecule has 6 aliphatic heterocycles. The van der Waals surface area contributed by atoms with Crippen molar-refractivity contribution in [1.29, 1.82) is 0 Å². The lowest BCUT2D eigenvalue weighted by Gasteiger charge is -2.24. The van der Waals surface area contributed by atoms with Crippen molar-refractivity contribution < 1.29 is 68.6 Å². The number of rotatable bonds is 50. The Balaban J connectivity index is 0.000000321. The summed E-state index contributed by atoms with van der Waals surface area (Å²) in [6, 6.07) is 0. The molecule has 0 saturated carbocycles. The Morgan fingerprint density at radius 1 is 0.330 bits per heavy atom. The highest BCUT2D eigenvalue weighted by Gasteiger charge is 2.42. The fraction of sp³-hybridized carbons (Fsp3) is 0.919. The second-order valence-electron chi connectivity index (χ2n) is 28.1. The van der Waals surface area contributed by atoms with Crippen LogP contribution in [0.2, 0.25) is 0 Å². The largest absolute Gasteiger partial charge is 0.455 e. The van der Waals surface area contributed by atoms with E-state index in [1.54, 1.807) is 0 Å². The summed E-state index contributed by atoms with van der Waals surface area (Å²) in [6.07, 6.45) is 52.2. The van der Waals surface area contributed by atoms with E-state index in [2.05, 4.69) is 13.8 Å². The minimum Gasteiger partial charge on any atom is -0.455 e. The third kappa shape index (κ3) is 31.3. The number of hydrogen-bond acceptors (Lipinski definition) is 14. The van der Waals surface area contributed by atoms with E-state index in [-0.39, 0.29) is 85.2 Å². The molecule has 14 nitrogen and oxygen atoms in total. The Kier molecular flexibility index (Phi) is 40.3. The normalized spacial score (nSPS) is 27.4. The highest BCUT2D eigenvalue weighted by atomic mass is 16.6. The lowest BCUT2D eigenvalue weighted by molar-refractivity contribution is -0.140. The molecule has 512 valence electrons. The average Bonchev–Trinajstić information content (AvgIpc) is 4.06. The Bertz CT molecular complexity index is 1730. The van der Waals surface area contributed by atoms with E-state index in [1.165, 1.54) is 141 Å². The quantitative estimate of drug-likeness (QED) is 0.0247. The van der Waals surface area contributed by atoms with Gasteiger partial charge in [-0.15, -0.1) is 0 Å². The number of unbranched alkanes of at least 4 members (excludes halogenated alkanes) is 28. The van der Waals surface area contributed by atoms with Crippen LogP contribution in [0, 0.1) is 0 Å². The highest BCUT2D eigenvalue weighted by Crippen LogP contribution is 2.37. The first-order valence-electron chi connectivity index (χ1n) is 37.3. The summed E-state index contributed by atoms with van der Waals surface area (Å²) in [5.74, 6) is -0.561. The number of carbonyl (C=O) groups excluding carboxylic acids is 2. The molecule has 16 unspecified atom stereocenters. The first-order valence-corrected chi connectivity index (χ1v) is 37.3. The second-order valence-corrected chi connectivity index (χ2v) is 28.1. The van der Waals surface area contributed by atoms with Gasteiger partial charge in [-0.2, -0.15) is 0 Å². The highest BCUT2D eigenvalue weighted by molar-refractivity contribution is 5.91. The number of cyclic esters (lactones) is 2. The summed E-state index contributed by atoms with van der Waals surface area (Å²) in [5, 5.41) is 63.3. The van der Waals surface area contributed by atoms with Gasteiger partial charge in [0.05, 0.1) is 85.5 Å². The van der Waals surface area contributed by atoms with Gasteiger partial charge in [-0.25, -0.2) is 9.59 Å². The standard InChI is InChI=1S/2C37H66O7/c2*1-3-4-5-6-7-11-14-17-20-31(39)33-22-24-35(43-33)36-25-23-34(44-36)32(40)21-18-15-12-9-8-10-13-16-19-30(38)27-29-26-28(2)42-37(29)41/h2*26,28,30-36,38-40H,3-25,27H2,1-2H3. The van der Waals surface area contributed by atoms with Crippen molar-refractivity contribution >= 4 is 11.9 Å². The van der Waals surface area contributed by atoms with Crippen LogP contribution in [-0.2, 0) is 38.0 Å². The zero-order chi connectivity index (χ0) is 63.1. The van der Waals surface area contributed by atoms with Gasteiger partial charge in [0.15, 0.2) is 0 Å². The molecule has 0 spiro atoms. The lowest BCUT2D eigenvalue weighted by Crippen LogP contribution is -2.33. The summed E-state index contributed by atoms with van der Waals surface area (Å²) in [6.45, 7) is 8.18. The molecule has 6 heterocycles. The zero-order valence-corrected chi connectivity index (χ0v) is 56.3. The maximum atomic E-state index is 11.7. The second kappa shape index (κ2) is 46.2. The summed E-state index contributed by atoms with van der Waals surface area (Å²) in [4.78, 5) is 23.3. The number of carbonyl (C=O) groups is 2. The molecule has 0 radical (unpaired) electrons. The van der Waals surface area contributed by atoms with E-state index in [9.17, 15) is 40.2 Å². The van der Waals surface area contributed by atoms with Crippen LogP contribution in [0.4, 0.5) is 0 Å². The average molecular weight is 1250 g/mol. The Hall–Kier alpha value is -1.98. The van der Waals surface area contributed by atoms with Crippen LogP contribution in [0.15, 0.2) is 23.3 Å². The Morgan fingerprint density at radius 3 is 0.761 bits per heavy atom. The summed E-state index contributed by atoms with van der Waals surface area (Å²) in [7, 11) is 0. The monoisotopic (exact) mass is 1240 g/mol. The lowest BCUT2D eigenvalue weighted by atomic mass is 10.00. The molecule has 0 amide bonds. The van der Waals surface area contributed by atoms with Gasteiger partial charge >= 0.3 is 11.9 Å². The number of ether oxygens (including phenoxy) is 6. The molecule has 88 heavy (non-hydrogen) atoms. The predicted molar refractivity (Wildman–Crippen MR) is 351 cm³/mol. The number of aliphatic hydroxyl groups is 6. The number of hydrogen-bond donors (Lipinski definition) is 6. The van der Waals surface area contributed by atoms with Crippen molar-refractivity contribution in [2.45, 2.75) is 434 Å². The van der Waals surface area contributed by atoms with E-state index < -0.39 is 24.4 Å². The molecule has 0 aliphatic carbocycles. The first kappa shape index (κ1) is 76.7. The van der Waals surface area contributed by atoms with Crippen LogP contribution in [0.5, 0.6) is 0 Å². The molecule has 0 aromatic heterocycles. The predicted octanol–water partition coefficient (Wildman–Crippen LogP) is 15.7. The van der Waals surface area contributed by atoms with Crippen molar-refractivity contribution in [3.8, 4) is 0 Å². The molecule has 0 aromatic carbocycles. The minimum absolute atomic E-state index is 0.0519. The third-order valence-corrected chi connectivity index (χ3v) is 20.1. The maximum Gasteiger partial charge on any atom is 0.334 e. The fourth-order valence-corrected chi connectivity index (χ4v) is 14.6. The van der Waals surface area contributed by atoms with E-state index >= 15 is 0 Å². The van der Waals surface area contributed by atoms with Crippen LogP contribution in [0.25, 0.3) is 0 Å². The van der Waals surface area contributed by atoms with Crippen LogP contribution < -0.4 is 0 Å². The molecule has 6 aliphatic rings. The van der Waals surface area contributed by atoms with Crippen LogP contribution >= 0.6 is 0 Å². The van der Waals surface area contributed by atoms with E-state index in [1.807, 2.05) is 26.0 Å². The molecule has 6 rings (SSSR count). The van der Waals surface area contributed by atoms with Crippen molar-refractivity contribution in [2.75, 3.05) is 0 Å². The van der Waals surface area contributed by atoms with Gasteiger partial charge in [0.25, 0.3) is 0 Å². The molecule has 4 saturated heterocycles. The topological polar surface area (TPSA) is 211 Å². The van der Waals surface area contributed by atoms with Crippen LogP contribution in [0.3, 0.4) is 0 Å². The molecule has 16 atom stereocenters. The first-order chi connectivity index (χ1) is 42.7. The third-order valence-electron chi connectivity index (χ3n) is 20.1. The van der Waals surface area contributed by atoms with Gasteiger partial charge in [0, 0.05) is 24.0 Å².